The molecule has 24 heavy (non-hydrogen) atoms. The largest absolute Gasteiger partial charge is 0.481 e. The van der Waals surface area contributed by atoms with Crippen molar-refractivity contribution < 1.29 is 29.4 Å². The maximum absolute atomic E-state index is 12.0. The van der Waals surface area contributed by atoms with Gasteiger partial charge in [0, 0.05) is 6.42 Å². The Morgan fingerprint density at radius 3 is 2.12 bits per heavy atom. The van der Waals surface area contributed by atoms with Gasteiger partial charge in [-0.15, -0.1) is 0 Å². The van der Waals surface area contributed by atoms with Crippen molar-refractivity contribution in [2.45, 2.75) is 57.2 Å². The quantitative estimate of drug-likeness (QED) is 0.228. The highest BCUT2D eigenvalue weighted by Crippen LogP contribution is 2.02. The van der Waals surface area contributed by atoms with Crippen LogP contribution in [-0.4, -0.2) is 58.6 Å². The summed E-state index contributed by atoms with van der Waals surface area (Å²) in [6.45, 7) is 1.82. The van der Waals surface area contributed by atoms with Crippen LogP contribution in [0.5, 0.6) is 0 Å². The second kappa shape index (κ2) is 11.4. The van der Waals surface area contributed by atoms with Gasteiger partial charge in [-0.1, -0.05) is 0 Å². The van der Waals surface area contributed by atoms with Crippen molar-refractivity contribution in [1.82, 2.24) is 10.6 Å². The first-order valence-corrected chi connectivity index (χ1v) is 7.70. The van der Waals surface area contributed by atoms with Crippen LogP contribution in [0.4, 0.5) is 0 Å². The fraction of sp³-hybridized carbons (Fsp3) is 0.714. The topological polar surface area (TPSA) is 185 Å². The van der Waals surface area contributed by atoms with Crippen LogP contribution in [0.2, 0.25) is 0 Å². The molecule has 3 atom stereocenters. The number of amides is 2. The zero-order chi connectivity index (χ0) is 18.7. The van der Waals surface area contributed by atoms with E-state index in [1.807, 2.05) is 0 Å². The lowest BCUT2D eigenvalue weighted by Gasteiger charge is -2.20. The van der Waals surface area contributed by atoms with Crippen LogP contribution in [0.3, 0.4) is 0 Å². The lowest BCUT2D eigenvalue weighted by Crippen LogP contribution is -2.53. The van der Waals surface area contributed by atoms with Gasteiger partial charge in [0.1, 0.15) is 12.1 Å². The van der Waals surface area contributed by atoms with Gasteiger partial charge in [-0.2, -0.15) is 0 Å². The van der Waals surface area contributed by atoms with Crippen LogP contribution >= 0.6 is 0 Å². The summed E-state index contributed by atoms with van der Waals surface area (Å²) in [5.74, 6) is -3.58. The van der Waals surface area contributed by atoms with E-state index in [9.17, 15) is 19.2 Å². The molecule has 0 aliphatic rings. The molecule has 10 heteroatoms. The number of nitrogens with two attached hydrogens (primary N) is 2. The van der Waals surface area contributed by atoms with Crippen molar-refractivity contribution in [2.24, 2.45) is 11.5 Å². The standard InChI is InChI=1S/C14H26N4O6/c1-8(17-13(22)9(16)5-6-11(19)20)12(21)18-10(14(23)24)4-2-3-7-15/h8-10H,2-7,15-16H2,1H3,(H,17,22)(H,18,21)(H,19,20)(H,23,24). The fourth-order valence-corrected chi connectivity index (χ4v) is 1.84. The van der Waals surface area contributed by atoms with Crippen molar-refractivity contribution >= 4 is 23.8 Å². The molecule has 8 N–H and O–H groups in total. The number of carbonyl (C=O) groups excluding carboxylic acids is 2. The maximum atomic E-state index is 12.0. The highest BCUT2D eigenvalue weighted by atomic mass is 16.4. The number of rotatable bonds is 12. The molecule has 0 aliphatic carbocycles. The first-order chi connectivity index (χ1) is 11.2. The number of aliphatic carboxylic acids is 2. The van der Waals surface area contributed by atoms with E-state index in [0.29, 0.717) is 19.4 Å². The Labute approximate surface area is 139 Å². The van der Waals surface area contributed by atoms with Crippen molar-refractivity contribution in [1.29, 1.82) is 0 Å². The summed E-state index contributed by atoms with van der Waals surface area (Å²) < 4.78 is 0. The number of hydrogen-bond donors (Lipinski definition) is 6. The van der Waals surface area contributed by atoms with Gasteiger partial charge in [-0.3, -0.25) is 14.4 Å². The first kappa shape index (κ1) is 21.8. The highest BCUT2D eigenvalue weighted by Gasteiger charge is 2.25. The molecule has 10 nitrogen and oxygen atoms in total. The molecule has 0 aliphatic heterocycles. The zero-order valence-corrected chi connectivity index (χ0v) is 13.7. The summed E-state index contributed by atoms with van der Waals surface area (Å²) in [7, 11) is 0. The molecule has 138 valence electrons. The Morgan fingerprint density at radius 2 is 1.62 bits per heavy atom. The molecule has 0 aromatic heterocycles. The molecule has 0 rings (SSSR count). The number of hydrogen-bond acceptors (Lipinski definition) is 6. The molecule has 0 aromatic rings. The molecule has 0 radical (unpaired) electrons. The van der Waals surface area contributed by atoms with Crippen LogP contribution in [0.15, 0.2) is 0 Å². The molecule has 0 bridgehead atoms. The first-order valence-electron chi connectivity index (χ1n) is 7.70. The van der Waals surface area contributed by atoms with Crippen molar-refractivity contribution in [3.8, 4) is 0 Å². The van der Waals surface area contributed by atoms with Crippen molar-refractivity contribution in [3.63, 3.8) is 0 Å². The van der Waals surface area contributed by atoms with E-state index < -0.39 is 41.9 Å². The van der Waals surface area contributed by atoms with Crippen LogP contribution < -0.4 is 22.1 Å². The van der Waals surface area contributed by atoms with E-state index in [1.54, 1.807) is 0 Å². The van der Waals surface area contributed by atoms with Gasteiger partial charge in [0.05, 0.1) is 6.04 Å². The maximum Gasteiger partial charge on any atom is 0.326 e. The molecule has 0 fully saturated rings. The van der Waals surface area contributed by atoms with Crippen LogP contribution in [0.1, 0.15) is 39.0 Å². The zero-order valence-electron chi connectivity index (χ0n) is 13.7. The van der Waals surface area contributed by atoms with Gasteiger partial charge in [0.15, 0.2) is 0 Å². The third kappa shape index (κ3) is 9.06. The Balaban J connectivity index is 4.44. The van der Waals surface area contributed by atoms with E-state index in [1.165, 1.54) is 6.92 Å². The Kier molecular flexibility index (Phi) is 10.3. The molecular weight excluding hydrogens is 320 g/mol. The molecule has 3 unspecified atom stereocenters. The van der Waals surface area contributed by atoms with E-state index in [-0.39, 0.29) is 19.3 Å². The normalized spacial score (nSPS) is 14.3. The van der Waals surface area contributed by atoms with Gasteiger partial charge < -0.3 is 32.3 Å². The van der Waals surface area contributed by atoms with Crippen molar-refractivity contribution in [2.75, 3.05) is 6.54 Å². The lowest BCUT2D eigenvalue weighted by molar-refractivity contribution is -0.142. The number of carboxylic acid groups (broad SMARTS) is 2. The molecule has 0 saturated carbocycles. The summed E-state index contributed by atoms with van der Waals surface area (Å²) >= 11 is 0. The minimum absolute atomic E-state index is 0.0631. The summed E-state index contributed by atoms with van der Waals surface area (Å²) in [5, 5.41) is 22.3. The Hall–Kier alpha value is -2.20. The minimum Gasteiger partial charge on any atom is -0.481 e. The van der Waals surface area contributed by atoms with Gasteiger partial charge in [-0.05, 0) is 39.2 Å². The molecule has 0 saturated heterocycles. The molecule has 2 amide bonds. The minimum atomic E-state index is -1.17. The predicted molar refractivity (Wildman–Crippen MR) is 84.9 cm³/mol. The fourth-order valence-electron chi connectivity index (χ4n) is 1.84. The van der Waals surface area contributed by atoms with Gasteiger partial charge in [-0.25, -0.2) is 4.79 Å². The summed E-state index contributed by atoms with van der Waals surface area (Å²) in [6.07, 6.45) is 1.10. The SMILES string of the molecule is CC(NC(=O)C(N)CCC(=O)O)C(=O)NC(CCCCN)C(=O)O. The molecule has 0 aromatic carbocycles. The predicted octanol–water partition coefficient (Wildman–Crippen LogP) is -1.62. The monoisotopic (exact) mass is 346 g/mol. The summed E-state index contributed by atoms with van der Waals surface area (Å²) in [6, 6.07) is -3.12. The number of unbranched alkanes of at least 4 members (excludes halogenated alkanes) is 1. The van der Waals surface area contributed by atoms with E-state index in [2.05, 4.69) is 10.6 Å². The Morgan fingerprint density at radius 1 is 1.00 bits per heavy atom. The summed E-state index contributed by atoms with van der Waals surface area (Å²) in [4.78, 5) is 45.3. The molecule has 0 heterocycles. The van der Waals surface area contributed by atoms with Gasteiger partial charge >= 0.3 is 11.9 Å². The second-order valence-electron chi connectivity index (χ2n) is 5.45. The third-order valence-electron chi connectivity index (χ3n) is 3.32. The summed E-state index contributed by atoms with van der Waals surface area (Å²) in [5.41, 5.74) is 10.9. The van der Waals surface area contributed by atoms with Crippen molar-refractivity contribution in [3.05, 3.63) is 0 Å². The number of nitrogens with one attached hydrogen (secondary N) is 2. The molecular formula is C14H26N4O6. The van der Waals surface area contributed by atoms with Gasteiger partial charge in [0.25, 0.3) is 0 Å². The van der Waals surface area contributed by atoms with Crippen LogP contribution in [-0.2, 0) is 19.2 Å². The smallest absolute Gasteiger partial charge is 0.326 e. The number of carboxylic acids is 2. The average Bonchev–Trinajstić information content (AvgIpc) is 2.50. The van der Waals surface area contributed by atoms with Crippen LogP contribution in [0, 0.1) is 0 Å². The second-order valence-corrected chi connectivity index (χ2v) is 5.45. The molecule has 0 spiro atoms. The Bertz CT molecular complexity index is 457. The highest BCUT2D eigenvalue weighted by molar-refractivity contribution is 5.91. The van der Waals surface area contributed by atoms with E-state index in [4.69, 9.17) is 21.7 Å². The van der Waals surface area contributed by atoms with E-state index in [0.717, 1.165) is 0 Å². The average molecular weight is 346 g/mol. The third-order valence-corrected chi connectivity index (χ3v) is 3.32. The number of carbonyl (C=O) groups is 4. The van der Waals surface area contributed by atoms with Crippen LogP contribution in [0.25, 0.3) is 0 Å². The van der Waals surface area contributed by atoms with Gasteiger partial charge in [0.2, 0.25) is 11.8 Å². The van der Waals surface area contributed by atoms with E-state index >= 15 is 0 Å². The lowest BCUT2D eigenvalue weighted by atomic mass is 10.1.